The molecular weight excluding hydrogens is 416 g/mol. The maximum Gasteiger partial charge on any atom is 0.317 e. The number of halogens is 1. The highest BCUT2D eigenvalue weighted by atomic mass is 35.5. The number of ether oxygens (including phenoxy) is 1. The number of urea groups is 1. The molecule has 164 valence electrons. The van der Waals surface area contributed by atoms with Crippen molar-refractivity contribution in [1.29, 1.82) is 0 Å². The Morgan fingerprint density at radius 1 is 1.23 bits per heavy atom. The molecular formula is C23H27ClN4O3. The number of carbonyl (C=O) groups is 2. The van der Waals surface area contributed by atoms with Gasteiger partial charge in [0.05, 0.1) is 18.9 Å². The summed E-state index contributed by atoms with van der Waals surface area (Å²) in [5, 5.41) is 9.42. The van der Waals surface area contributed by atoms with Crippen molar-refractivity contribution in [3.8, 4) is 5.75 Å². The summed E-state index contributed by atoms with van der Waals surface area (Å²) in [7, 11) is 3.18. The lowest BCUT2D eigenvalue weighted by Gasteiger charge is -2.26. The first-order valence-electron chi connectivity index (χ1n) is 10.1. The molecule has 7 nitrogen and oxygen atoms in total. The van der Waals surface area contributed by atoms with E-state index in [0.717, 1.165) is 11.1 Å². The Morgan fingerprint density at radius 3 is 2.58 bits per heavy atom. The van der Waals surface area contributed by atoms with Crippen molar-refractivity contribution in [3.63, 3.8) is 0 Å². The van der Waals surface area contributed by atoms with Crippen molar-refractivity contribution < 1.29 is 14.3 Å². The van der Waals surface area contributed by atoms with E-state index < -0.39 is 0 Å². The molecule has 1 N–H and O–H groups in total. The van der Waals surface area contributed by atoms with Crippen molar-refractivity contribution in [3.05, 3.63) is 64.7 Å². The molecule has 0 aromatic heterocycles. The molecule has 0 radical (unpaired) electrons. The predicted octanol–water partition coefficient (Wildman–Crippen LogP) is 4.08. The number of amides is 3. The summed E-state index contributed by atoms with van der Waals surface area (Å²) >= 11 is 6.39. The zero-order chi connectivity index (χ0) is 22.5. The number of nitrogens with zero attached hydrogens (tertiary/aromatic N) is 3. The average Bonchev–Trinajstić information content (AvgIpc) is 3.18. The number of carbonyl (C=O) groups excluding carboxylic acids is 2. The molecule has 2 aromatic carbocycles. The second kappa shape index (κ2) is 9.83. The number of hydrogen-bond acceptors (Lipinski definition) is 4. The van der Waals surface area contributed by atoms with Crippen LogP contribution in [0.2, 0.25) is 5.02 Å². The van der Waals surface area contributed by atoms with E-state index >= 15 is 0 Å². The van der Waals surface area contributed by atoms with Gasteiger partial charge < -0.3 is 15.0 Å². The van der Waals surface area contributed by atoms with Crippen LogP contribution in [0.25, 0.3) is 0 Å². The Hall–Kier alpha value is -3.06. The van der Waals surface area contributed by atoms with Gasteiger partial charge in [-0.15, -0.1) is 0 Å². The molecule has 1 heterocycles. The normalized spacial score (nSPS) is 15.6. The average molecular weight is 443 g/mol. The van der Waals surface area contributed by atoms with Gasteiger partial charge in [0.15, 0.2) is 0 Å². The number of likely N-dealkylation sites (N-methyl/N-ethyl adjacent to an activating group) is 1. The highest BCUT2D eigenvalue weighted by Gasteiger charge is 2.35. The first-order valence-corrected chi connectivity index (χ1v) is 10.5. The number of nitrogens with one attached hydrogen (secondary N) is 1. The largest absolute Gasteiger partial charge is 0.496 e. The van der Waals surface area contributed by atoms with Crippen molar-refractivity contribution in [2.75, 3.05) is 20.7 Å². The zero-order valence-corrected chi connectivity index (χ0v) is 18.9. The lowest BCUT2D eigenvalue weighted by Crippen LogP contribution is -2.45. The third kappa shape index (κ3) is 5.17. The van der Waals surface area contributed by atoms with E-state index in [2.05, 4.69) is 10.4 Å². The summed E-state index contributed by atoms with van der Waals surface area (Å²) in [6, 6.07) is 14.3. The highest BCUT2D eigenvalue weighted by molar-refractivity contribution is 6.34. The van der Waals surface area contributed by atoms with Gasteiger partial charge in [0.2, 0.25) is 0 Å². The number of rotatable bonds is 6. The zero-order valence-electron chi connectivity index (χ0n) is 18.1. The van der Waals surface area contributed by atoms with Crippen LogP contribution >= 0.6 is 11.6 Å². The lowest BCUT2D eigenvalue weighted by molar-refractivity contribution is -0.133. The molecule has 0 spiro atoms. The lowest BCUT2D eigenvalue weighted by atomic mass is 9.97. The van der Waals surface area contributed by atoms with Crippen LogP contribution in [0.1, 0.15) is 37.4 Å². The summed E-state index contributed by atoms with van der Waals surface area (Å²) in [6.45, 7) is 3.63. The summed E-state index contributed by atoms with van der Waals surface area (Å²) < 4.78 is 5.52. The Balaban J connectivity index is 1.92. The number of methoxy groups -OCH3 is 1. The fraction of sp³-hybridized carbons (Fsp3) is 0.348. The van der Waals surface area contributed by atoms with Gasteiger partial charge >= 0.3 is 6.03 Å². The van der Waals surface area contributed by atoms with Crippen LogP contribution in [0.5, 0.6) is 5.75 Å². The van der Waals surface area contributed by atoms with E-state index in [9.17, 15) is 9.59 Å². The molecule has 31 heavy (non-hydrogen) atoms. The van der Waals surface area contributed by atoms with Crippen molar-refractivity contribution >= 4 is 29.3 Å². The number of benzene rings is 2. The third-order valence-corrected chi connectivity index (χ3v) is 5.31. The molecule has 2 aromatic rings. The van der Waals surface area contributed by atoms with Gasteiger partial charge in [-0.05, 0) is 26.0 Å². The number of hydrogen-bond donors (Lipinski definition) is 1. The van der Waals surface area contributed by atoms with Gasteiger partial charge in [-0.25, -0.2) is 9.80 Å². The van der Waals surface area contributed by atoms with Crippen LogP contribution in [0, 0.1) is 0 Å². The minimum absolute atomic E-state index is 0.0250. The van der Waals surface area contributed by atoms with Gasteiger partial charge in [-0.1, -0.05) is 48.0 Å². The van der Waals surface area contributed by atoms with Crippen molar-refractivity contribution in [1.82, 2.24) is 15.2 Å². The van der Waals surface area contributed by atoms with E-state index in [1.165, 1.54) is 9.91 Å². The molecule has 1 aliphatic heterocycles. The van der Waals surface area contributed by atoms with Crippen LogP contribution in [-0.2, 0) is 4.79 Å². The fourth-order valence-corrected chi connectivity index (χ4v) is 3.73. The highest BCUT2D eigenvalue weighted by Crippen LogP contribution is 2.38. The van der Waals surface area contributed by atoms with E-state index in [4.69, 9.17) is 16.3 Å². The summed E-state index contributed by atoms with van der Waals surface area (Å²) in [5.74, 6) is 0.381. The monoisotopic (exact) mass is 442 g/mol. The minimum atomic E-state index is -0.364. The predicted molar refractivity (Wildman–Crippen MR) is 121 cm³/mol. The van der Waals surface area contributed by atoms with Crippen molar-refractivity contribution in [2.45, 2.75) is 32.4 Å². The van der Waals surface area contributed by atoms with Crippen LogP contribution in [0.3, 0.4) is 0 Å². The summed E-state index contributed by atoms with van der Waals surface area (Å²) in [5.41, 5.74) is 2.34. The van der Waals surface area contributed by atoms with E-state index in [0.29, 0.717) is 22.9 Å². The van der Waals surface area contributed by atoms with Crippen LogP contribution < -0.4 is 10.1 Å². The van der Waals surface area contributed by atoms with Gasteiger partial charge in [0.1, 0.15) is 12.3 Å². The summed E-state index contributed by atoms with van der Waals surface area (Å²) in [4.78, 5) is 26.8. The van der Waals surface area contributed by atoms with Crippen molar-refractivity contribution in [2.24, 2.45) is 5.10 Å². The molecule has 0 saturated carbocycles. The second-order valence-electron chi connectivity index (χ2n) is 7.69. The molecule has 0 fully saturated rings. The molecule has 0 unspecified atom stereocenters. The Kier molecular flexibility index (Phi) is 7.17. The molecule has 0 saturated heterocycles. The van der Waals surface area contributed by atoms with E-state index in [1.54, 1.807) is 20.2 Å². The Bertz CT molecular complexity index is 992. The number of hydrazone groups is 1. The first-order chi connectivity index (χ1) is 14.8. The maximum atomic E-state index is 13.2. The standard InChI is InChI=1S/C23H27ClN4O3/c1-15(2)25-23(30)27(3)14-22(29)28-20(17-10-6-8-12-21(17)31-4)13-19(26-28)16-9-5-7-11-18(16)24/h5-12,15,20H,13-14H2,1-4H3,(H,25,30)/t20-/m0/s1. The first kappa shape index (κ1) is 22.6. The smallest absolute Gasteiger partial charge is 0.317 e. The second-order valence-corrected chi connectivity index (χ2v) is 8.09. The topological polar surface area (TPSA) is 74.2 Å². The van der Waals surface area contributed by atoms with Gasteiger partial charge in [0.25, 0.3) is 5.91 Å². The molecule has 1 aliphatic rings. The van der Waals surface area contributed by atoms with Gasteiger partial charge in [-0.2, -0.15) is 5.10 Å². The van der Waals surface area contributed by atoms with Crippen LogP contribution in [0.4, 0.5) is 4.79 Å². The minimum Gasteiger partial charge on any atom is -0.496 e. The molecule has 0 aliphatic carbocycles. The Morgan fingerprint density at radius 2 is 1.90 bits per heavy atom. The molecule has 3 amide bonds. The van der Waals surface area contributed by atoms with Gasteiger partial charge in [-0.3, -0.25) is 4.79 Å². The molecule has 0 bridgehead atoms. The van der Waals surface area contributed by atoms with Gasteiger partial charge in [0, 0.05) is 35.7 Å². The molecule has 8 heteroatoms. The maximum absolute atomic E-state index is 13.2. The van der Waals surface area contributed by atoms with Crippen LogP contribution in [0.15, 0.2) is 53.6 Å². The Labute approximate surface area is 187 Å². The third-order valence-electron chi connectivity index (χ3n) is 4.98. The fourth-order valence-electron chi connectivity index (χ4n) is 3.49. The van der Waals surface area contributed by atoms with E-state index in [1.807, 2.05) is 56.3 Å². The SMILES string of the molecule is COc1ccccc1[C@@H]1CC(c2ccccc2Cl)=NN1C(=O)CN(C)C(=O)NC(C)C. The molecule has 1 atom stereocenters. The quantitative estimate of drug-likeness (QED) is 0.732. The molecule has 3 rings (SSSR count). The van der Waals surface area contributed by atoms with E-state index in [-0.39, 0.29) is 30.6 Å². The summed E-state index contributed by atoms with van der Waals surface area (Å²) in [6.07, 6.45) is 0.484. The number of para-hydroxylation sites is 1. The van der Waals surface area contributed by atoms with Crippen LogP contribution in [-0.4, -0.2) is 54.3 Å².